The van der Waals surface area contributed by atoms with Crippen molar-refractivity contribution in [1.29, 1.82) is 0 Å². The van der Waals surface area contributed by atoms with Gasteiger partial charge in [0.1, 0.15) is 0 Å². The number of nitrogens with one attached hydrogen (secondary N) is 1. The lowest BCUT2D eigenvalue weighted by Gasteiger charge is -2.33. The van der Waals surface area contributed by atoms with E-state index in [4.69, 9.17) is 5.11 Å². The van der Waals surface area contributed by atoms with Crippen molar-refractivity contribution >= 4 is 10.2 Å². The molecule has 1 aliphatic carbocycles. The van der Waals surface area contributed by atoms with E-state index in [0.717, 1.165) is 25.7 Å². The summed E-state index contributed by atoms with van der Waals surface area (Å²) in [6.45, 7) is 3.21. The molecule has 2 rings (SSSR count). The first-order chi connectivity index (χ1) is 9.53. The van der Waals surface area contributed by atoms with Crippen molar-refractivity contribution in [3.63, 3.8) is 0 Å². The molecule has 0 aromatic carbocycles. The second-order valence-electron chi connectivity index (χ2n) is 6.33. The zero-order valence-electron chi connectivity index (χ0n) is 12.4. The Balaban J connectivity index is 1.87. The van der Waals surface area contributed by atoms with Gasteiger partial charge in [0.2, 0.25) is 0 Å². The van der Waals surface area contributed by atoms with E-state index in [1.165, 1.54) is 19.3 Å². The summed E-state index contributed by atoms with van der Waals surface area (Å²) in [6, 6.07) is 0.0239. The van der Waals surface area contributed by atoms with Gasteiger partial charge in [-0.05, 0) is 44.4 Å². The summed E-state index contributed by atoms with van der Waals surface area (Å²) in [5, 5.41) is 9.11. The van der Waals surface area contributed by atoms with Crippen molar-refractivity contribution < 1.29 is 13.5 Å². The molecule has 0 amide bonds. The van der Waals surface area contributed by atoms with Gasteiger partial charge in [-0.3, -0.25) is 0 Å². The van der Waals surface area contributed by atoms with Gasteiger partial charge >= 0.3 is 0 Å². The average Bonchev–Trinajstić information content (AvgIpc) is 2.48. The molecule has 0 aromatic heterocycles. The number of nitrogens with zero attached hydrogens (tertiary/aromatic N) is 1. The Morgan fingerprint density at radius 2 is 1.75 bits per heavy atom. The van der Waals surface area contributed by atoms with Crippen molar-refractivity contribution in [3.05, 3.63) is 0 Å². The molecule has 0 spiro atoms. The van der Waals surface area contributed by atoms with Crippen molar-refractivity contribution in [2.45, 2.75) is 57.9 Å². The average molecular weight is 304 g/mol. The SMILES string of the molecule is CC(NS(=O)(=O)N1CCC(CO)CC1)C1CCCCC1. The van der Waals surface area contributed by atoms with Gasteiger partial charge in [-0.2, -0.15) is 17.4 Å². The monoisotopic (exact) mass is 304 g/mol. The molecule has 2 aliphatic rings. The van der Waals surface area contributed by atoms with Gasteiger partial charge in [0.15, 0.2) is 0 Å². The molecule has 1 atom stereocenters. The molecule has 1 heterocycles. The Hall–Kier alpha value is -0.170. The maximum Gasteiger partial charge on any atom is 0.279 e. The molecular weight excluding hydrogens is 276 g/mol. The van der Waals surface area contributed by atoms with E-state index in [9.17, 15) is 8.42 Å². The molecule has 0 aromatic rings. The fourth-order valence-corrected chi connectivity index (χ4v) is 4.87. The number of piperidine rings is 1. The van der Waals surface area contributed by atoms with Gasteiger partial charge in [0.05, 0.1) is 0 Å². The largest absolute Gasteiger partial charge is 0.396 e. The van der Waals surface area contributed by atoms with Crippen molar-refractivity contribution in [3.8, 4) is 0 Å². The second kappa shape index (κ2) is 7.20. The fraction of sp³-hybridized carbons (Fsp3) is 1.00. The van der Waals surface area contributed by atoms with Crippen LogP contribution in [0.3, 0.4) is 0 Å². The van der Waals surface area contributed by atoms with Crippen LogP contribution in [0, 0.1) is 11.8 Å². The molecule has 0 radical (unpaired) electrons. The van der Waals surface area contributed by atoms with E-state index in [1.54, 1.807) is 4.31 Å². The summed E-state index contributed by atoms with van der Waals surface area (Å²) < 4.78 is 29.2. The molecule has 2 fully saturated rings. The summed E-state index contributed by atoms with van der Waals surface area (Å²) in [6.07, 6.45) is 7.51. The first kappa shape index (κ1) is 16.2. The van der Waals surface area contributed by atoms with Gasteiger partial charge in [-0.15, -0.1) is 0 Å². The Morgan fingerprint density at radius 1 is 1.15 bits per heavy atom. The summed E-state index contributed by atoms with van der Waals surface area (Å²) in [4.78, 5) is 0. The second-order valence-corrected chi connectivity index (χ2v) is 8.04. The van der Waals surface area contributed by atoms with Crippen LogP contribution < -0.4 is 4.72 Å². The Morgan fingerprint density at radius 3 is 2.30 bits per heavy atom. The topological polar surface area (TPSA) is 69.6 Å². The van der Waals surface area contributed by atoms with E-state index >= 15 is 0 Å². The lowest BCUT2D eigenvalue weighted by Crippen LogP contribution is -2.49. The number of hydrogen-bond acceptors (Lipinski definition) is 3. The van der Waals surface area contributed by atoms with Crippen LogP contribution in [0.15, 0.2) is 0 Å². The minimum atomic E-state index is -3.36. The highest BCUT2D eigenvalue weighted by Gasteiger charge is 2.30. The number of aliphatic hydroxyl groups excluding tert-OH is 1. The number of aliphatic hydroxyl groups is 1. The van der Waals surface area contributed by atoms with Crippen LogP contribution >= 0.6 is 0 Å². The van der Waals surface area contributed by atoms with Gasteiger partial charge in [-0.25, -0.2) is 0 Å². The molecule has 0 bridgehead atoms. The van der Waals surface area contributed by atoms with Gasteiger partial charge < -0.3 is 5.11 Å². The molecular formula is C14H28N2O3S. The zero-order valence-corrected chi connectivity index (χ0v) is 13.2. The quantitative estimate of drug-likeness (QED) is 0.808. The third kappa shape index (κ3) is 4.16. The van der Waals surface area contributed by atoms with Gasteiger partial charge in [0.25, 0.3) is 10.2 Å². The highest BCUT2D eigenvalue weighted by Crippen LogP contribution is 2.27. The molecule has 6 heteroatoms. The maximum absolute atomic E-state index is 12.4. The molecule has 5 nitrogen and oxygen atoms in total. The lowest BCUT2D eigenvalue weighted by molar-refractivity contribution is 0.168. The predicted octanol–water partition coefficient (Wildman–Crippen LogP) is 1.49. The van der Waals surface area contributed by atoms with Crippen molar-refractivity contribution in [2.75, 3.05) is 19.7 Å². The summed E-state index contributed by atoms with van der Waals surface area (Å²) in [5.74, 6) is 0.741. The molecule has 118 valence electrons. The van der Waals surface area contributed by atoms with Gasteiger partial charge in [-0.1, -0.05) is 19.3 Å². The minimum Gasteiger partial charge on any atom is -0.396 e. The first-order valence-corrected chi connectivity index (χ1v) is 9.35. The van der Waals surface area contributed by atoms with Crippen molar-refractivity contribution in [2.24, 2.45) is 11.8 Å². The molecule has 20 heavy (non-hydrogen) atoms. The van der Waals surface area contributed by atoms with Crippen LogP contribution in [0.25, 0.3) is 0 Å². The Labute approximate surface area is 122 Å². The van der Waals surface area contributed by atoms with Gasteiger partial charge in [0, 0.05) is 25.7 Å². The smallest absolute Gasteiger partial charge is 0.279 e. The van der Waals surface area contributed by atoms with Crippen molar-refractivity contribution in [1.82, 2.24) is 9.03 Å². The molecule has 1 unspecified atom stereocenters. The van der Waals surface area contributed by atoms with Crippen LogP contribution in [0.4, 0.5) is 0 Å². The zero-order chi connectivity index (χ0) is 14.6. The third-order valence-electron chi connectivity index (χ3n) is 4.86. The normalized spacial score (nSPS) is 25.7. The number of rotatable bonds is 5. The maximum atomic E-state index is 12.4. The fourth-order valence-electron chi connectivity index (χ4n) is 3.37. The Kier molecular flexibility index (Phi) is 5.84. The third-order valence-corrected chi connectivity index (χ3v) is 6.58. The van der Waals surface area contributed by atoms with Crippen LogP contribution in [0.5, 0.6) is 0 Å². The van der Waals surface area contributed by atoms with E-state index in [0.29, 0.717) is 19.0 Å². The van der Waals surface area contributed by atoms with E-state index in [2.05, 4.69) is 4.72 Å². The predicted molar refractivity (Wildman–Crippen MR) is 79.5 cm³/mol. The molecule has 1 aliphatic heterocycles. The van der Waals surface area contributed by atoms with E-state index in [1.807, 2.05) is 6.92 Å². The van der Waals surface area contributed by atoms with Crippen LogP contribution in [-0.4, -0.2) is 43.6 Å². The summed E-state index contributed by atoms with van der Waals surface area (Å²) in [5.41, 5.74) is 0. The first-order valence-electron chi connectivity index (χ1n) is 7.91. The minimum absolute atomic E-state index is 0.0239. The van der Waals surface area contributed by atoms with Crippen LogP contribution in [0.2, 0.25) is 0 Å². The van der Waals surface area contributed by atoms with E-state index in [-0.39, 0.29) is 18.6 Å². The highest BCUT2D eigenvalue weighted by atomic mass is 32.2. The van der Waals surface area contributed by atoms with Crippen LogP contribution in [-0.2, 0) is 10.2 Å². The lowest BCUT2D eigenvalue weighted by atomic mass is 9.85. The Bertz CT molecular complexity index is 385. The summed E-state index contributed by atoms with van der Waals surface area (Å²) >= 11 is 0. The van der Waals surface area contributed by atoms with E-state index < -0.39 is 10.2 Å². The number of hydrogen-bond donors (Lipinski definition) is 2. The molecule has 2 N–H and O–H groups in total. The molecule has 1 saturated carbocycles. The molecule has 1 saturated heterocycles. The standard InChI is InChI=1S/C14H28N2O3S/c1-12(14-5-3-2-4-6-14)15-20(18,19)16-9-7-13(11-17)8-10-16/h12-15,17H,2-11H2,1H3. The summed E-state index contributed by atoms with van der Waals surface area (Å²) in [7, 11) is -3.36. The van der Waals surface area contributed by atoms with Crippen LogP contribution in [0.1, 0.15) is 51.9 Å². The highest BCUT2D eigenvalue weighted by molar-refractivity contribution is 7.87.